The Kier molecular flexibility index (Phi) is 11.7. The van der Waals surface area contributed by atoms with Crippen LogP contribution in [0.15, 0.2) is 0 Å². The summed E-state index contributed by atoms with van der Waals surface area (Å²) in [6.45, 7) is 4.47. The van der Waals surface area contributed by atoms with Crippen LogP contribution in [0.5, 0.6) is 0 Å². The van der Waals surface area contributed by atoms with Crippen LogP contribution in [0.2, 0.25) is 0 Å². The third-order valence-electron chi connectivity index (χ3n) is 9.41. The maximum absolute atomic E-state index is 15.6. The molecule has 5 N–H and O–H groups in total. The molecule has 5 fully saturated rings. The maximum atomic E-state index is 15.6. The number of hydrogen-bond acceptors (Lipinski definition) is 11. The normalized spacial score (nSPS) is 47.0. The van der Waals surface area contributed by atoms with Crippen LogP contribution in [0.4, 0.5) is 26.3 Å². The van der Waals surface area contributed by atoms with Gasteiger partial charge in [-0.3, -0.25) is 26.3 Å². The minimum absolute atomic E-state index is 0.0438. The molecule has 14 atom stereocenters. The molecule has 14 unspecified atom stereocenters. The Hall–Kier alpha value is -0.440. The molecule has 0 radical (unpaired) electrons. The summed E-state index contributed by atoms with van der Waals surface area (Å²) in [5.74, 6) is -2.64. The second kappa shape index (κ2) is 14.8. The molecule has 0 aromatic heterocycles. The summed E-state index contributed by atoms with van der Waals surface area (Å²) < 4.78 is 125. The fourth-order valence-corrected chi connectivity index (χ4v) is 10.3. The van der Waals surface area contributed by atoms with Crippen molar-refractivity contribution in [3.63, 3.8) is 0 Å². The second-order valence-corrected chi connectivity index (χ2v) is 16.1. The van der Waals surface area contributed by atoms with Crippen LogP contribution in [-0.2, 0) is 19.3 Å². The lowest BCUT2D eigenvalue weighted by Gasteiger charge is -2.49. The molecular formula is C26H44F6N6O4S2. The smallest absolute Gasteiger partial charge is 0.209 e. The minimum Gasteiger partial charge on any atom is -0.379 e. The van der Waals surface area contributed by atoms with E-state index in [0.29, 0.717) is 26.3 Å². The van der Waals surface area contributed by atoms with E-state index in [1.165, 1.54) is 11.8 Å². The van der Waals surface area contributed by atoms with Gasteiger partial charge in [-0.15, -0.1) is 11.8 Å². The largest absolute Gasteiger partial charge is 0.379 e. The van der Waals surface area contributed by atoms with Crippen molar-refractivity contribution in [1.29, 1.82) is 0 Å². The third-order valence-corrected chi connectivity index (χ3v) is 13.1. The van der Waals surface area contributed by atoms with Gasteiger partial charge in [0, 0.05) is 37.9 Å². The predicted molar refractivity (Wildman–Crippen MR) is 154 cm³/mol. The zero-order valence-electron chi connectivity index (χ0n) is 24.7. The van der Waals surface area contributed by atoms with Crippen molar-refractivity contribution in [2.24, 2.45) is 5.92 Å². The van der Waals surface area contributed by atoms with Gasteiger partial charge in [-0.1, -0.05) is 0 Å². The number of nitrogens with one attached hydrogen (secondary N) is 5. The van der Waals surface area contributed by atoms with Crippen molar-refractivity contribution in [3.05, 3.63) is 0 Å². The highest BCUT2D eigenvalue weighted by Crippen LogP contribution is 2.42. The summed E-state index contributed by atoms with van der Waals surface area (Å²) in [7, 11) is -3.32. The number of halogens is 6. The van der Waals surface area contributed by atoms with Gasteiger partial charge in [0.25, 0.3) is 0 Å². The first-order valence-corrected chi connectivity index (χ1v) is 17.8. The molecule has 0 aromatic carbocycles. The van der Waals surface area contributed by atoms with Crippen molar-refractivity contribution in [3.8, 4) is 0 Å². The monoisotopic (exact) mass is 682 g/mol. The maximum Gasteiger partial charge on any atom is 0.209 e. The SMILES string of the molecule is COC1C(NC2CC(C)NN2)NC(SC2CCC(S(=O)(=O)C(F)C3C(F)C(F)CC(F)C3F)CC2F)NC1N1CCOCC1. The van der Waals surface area contributed by atoms with Crippen LogP contribution in [0.25, 0.3) is 0 Å². The molecule has 2 saturated carbocycles. The van der Waals surface area contributed by atoms with Gasteiger partial charge in [0.15, 0.2) is 9.84 Å². The summed E-state index contributed by atoms with van der Waals surface area (Å²) in [5, 5.41) is 8.23. The topological polar surface area (TPSA) is 116 Å². The van der Waals surface area contributed by atoms with E-state index in [2.05, 4.69) is 31.7 Å². The molecule has 0 spiro atoms. The van der Waals surface area contributed by atoms with Crippen LogP contribution < -0.4 is 26.8 Å². The number of sulfone groups is 1. The molecule has 0 aromatic rings. The molecule has 3 saturated heterocycles. The lowest BCUT2D eigenvalue weighted by Crippen LogP contribution is -2.75. The lowest BCUT2D eigenvalue weighted by molar-refractivity contribution is -0.0829. The van der Waals surface area contributed by atoms with E-state index in [-0.39, 0.29) is 43.5 Å². The summed E-state index contributed by atoms with van der Waals surface area (Å²) in [5.41, 5.74) is 2.72. The molecule has 3 aliphatic heterocycles. The number of alkyl halides is 6. The first kappa shape index (κ1) is 34.9. The third kappa shape index (κ3) is 7.49. The zero-order valence-corrected chi connectivity index (χ0v) is 26.3. The Morgan fingerprint density at radius 3 is 2.23 bits per heavy atom. The lowest BCUT2D eigenvalue weighted by atomic mass is 9.84. The first-order valence-electron chi connectivity index (χ1n) is 15.3. The highest BCUT2D eigenvalue weighted by atomic mass is 32.2. The van der Waals surface area contributed by atoms with Crippen LogP contribution in [0.3, 0.4) is 0 Å². The highest BCUT2D eigenvalue weighted by molar-refractivity contribution is 8.00. The van der Waals surface area contributed by atoms with E-state index in [1.54, 1.807) is 7.11 Å². The van der Waals surface area contributed by atoms with Crippen molar-refractivity contribution in [1.82, 2.24) is 31.7 Å². The number of hydrazine groups is 1. The quantitative estimate of drug-likeness (QED) is 0.227. The molecule has 10 nitrogen and oxygen atoms in total. The van der Waals surface area contributed by atoms with Crippen molar-refractivity contribution < 1.29 is 44.2 Å². The molecular weight excluding hydrogens is 638 g/mol. The van der Waals surface area contributed by atoms with Gasteiger partial charge >= 0.3 is 0 Å². The van der Waals surface area contributed by atoms with E-state index in [0.717, 1.165) is 6.42 Å². The van der Waals surface area contributed by atoms with E-state index >= 15 is 8.78 Å². The Morgan fingerprint density at radius 1 is 0.955 bits per heavy atom. The summed E-state index contributed by atoms with van der Waals surface area (Å²) >= 11 is 1.25. The van der Waals surface area contributed by atoms with Crippen LogP contribution in [-0.4, -0.2) is 130 Å². The Balaban J connectivity index is 1.24. The number of hydrogen-bond donors (Lipinski definition) is 5. The first-order chi connectivity index (χ1) is 20.9. The van der Waals surface area contributed by atoms with Crippen molar-refractivity contribution in [2.45, 2.75) is 122 Å². The second-order valence-electron chi connectivity index (χ2n) is 12.4. The summed E-state index contributed by atoms with van der Waals surface area (Å²) in [6, 6.07) is 0.250. The van der Waals surface area contributed by atoms with Gasteiger partial charge in [-0.2, -0.15) is 0 Å². The molecule has 0 bridgehead atoms. The molecule has 5 rings (SSSR count). The molecule has 256 valence electrons. The fraction of sp³-hybridized carbons (Fsp3) is 1.00. The van der Waals surface area contributed by atoms with Crippen LogP contribution >= 0.6 is 11.8 Å². The van der Waals surface area contributed by atoms with E-state index < -0.39 is 81.0 Å². The number of nitrogens with zero attached hydrogens (tertiary/aromatic N) is 1. The molecule has 18 heteroatoms. The molecule has 2 aliphatic carbocycles. The Labute approximate surface area is 258 Å². The zero-order chi connectivity index (χ0) is 31.8. The highest BCUT2D eigenvalue weighted by Gasteiger charge is 2.56. The number of thioether (sulfide) groups is 1. The van der Waals surface area contributed by atoms with Gasteiger partial charge in [0.05, 0.1) is 42.9 Å². The fourth-order valence-electron chi connectivity index (χ4n) is 6.94. The number of rotatable bonds is 9. The predicted octanol–water partition coefficient (Wildman–Crippen LogP) is 1.34. The summed E-state index contributed by atoms with van der Waals surface area (Å²) in [4.78, 5) is 2.20. The van der Waals surface area contributed by atoms with Gasteiger partial charge < -0.3 is 9.47 Å². The van der Waals surface area contributed by atoms with Crippen molar-refractivity contribution in [2.75, 3.05) is 33.4 Å². The van der Waals surface area contributed by atoms with E-state index in [4.69, 9.17) is 9.47 Å². The molecule has 5 aliphatic rings. The molecule has 44 heavy (non-hydrogen) atoms. The van der Waals surface area contributed by atoms with Gasteiger partial charge in [-0.05, 0) is 32.6 Å². The van der Waals surface area contributed by atoms with E-state index in [9.17, 15) is 26.0 Å². The number of morpholine rings is 1. The standard InChI is InChI=1S/C26H44F6N6O4S2/c1-12-9-18(37-36-12)33-24-22(41-2)25(38-5-7-42-8-6-38)35-26(34-24)43-17-4-3-13(10-14(17)27)44(39,40)23(32)19-20(30)15(28)11-16(29)21(19)31/h12-26,33-37H,3-11H2,1-2H3. The van der Waals surface area contributed by atoms with Crippen LogP contribution in [0.1, 0.15) is 39.0 Å². The van der Waals surface area contributed by atoms with Gasteiger partial charge in [-0.25, -0.2) is 40.2 Å². The minimum atomic E-state index is -4.94. The summed E-state index contributed by atoms with van der Waals surface area (Å²) in [6.07, 6.45) is -14.3. The van der Waals surface area contributed by atoms with Gasteiger partial charge in [0.2, 0.25) is 5.50 Å². The Morgan fingerprint density at radius 2 is 1.64 bits per heavy atom. The Bertz CT molecular complexity index is 1040. The van der Waals surface area contributed by atoms with Gasteiger partial charge in [0.1, 0.15) is 42.5 Å². The number of ether oxygens (including phenoxy) is 2. The average molecular weight is 683 g/mol. The average Bonchev–Trinajstić information content (AvgIpc) is 3.41. The van der Waals surface area contributed by atoms with Crippen LogP contribution in [0, 0.1) is 5.92 Å². The number of methoxy groups -OCH3 is 1. The molecule has 0 amide bonds. The van der Waals surface area contributed by atoms with Crippen molar-refractivity contribution >= 4 is 21.6 Å². The van der Waals surface area contributed by atoms with E-state index in [1.807, 2.05) is 6.92 Å². The molecule has 3 heterocycles.